The summed E-state index contributed by atoms with van der Waals surface area (Å²) in [6, 6.07) is 5.30. The number of rotatable bonds is 3. The van der Waals surface area contributed by atoms with Crippen molar-refractivity contribution < 1.29 is 14.6 Å². The first-order valence-electron chi connectivity index (χ1n) is 6.03. The number of nitrogens with zero attached hydrogens (tertiary/aromatic N) is 1. The van der Waals surface area contributed by atoms with Crippen LogP contribution in [0.3, 0.4) is 0 Å². The third-order valence-corrected chi connectivity index (χ3v) is 2.99. The molecule has 0 aromatic heterocycles. The number of nitrogens with two attached hydrogens (primary N) is 1. The number of aliphatic hydroxyl groups excluding tert-OH is 1. The number of anilines is 2. The lowest BCUT2D eigenvalue weighted by atomic mass is 10.0. The molecule has 1 unspecified atom stereocenters. The Morgan fingerprint density at radius 1 is 1.50 bits per heavy atom. The summed E-state index contributed by atoms with van der Waals surface area (Å²) in [6.45, 7) is 3.98. The van der Waals surface area contributed by atoms with Gasteiger partial charge in [0.25, 0.3) is 5.91 Å². The fraction of sp³-hybridized carbons (Fsp3) is 0.462. The van der Waals surface area contributed by atoms with Crippen LogP contribution in [-0.4, -0.2) is 30.3 Å². The Morgan fingerprint density at radius 3 is 2.83 bits per heavy atom. The number of β-amino-alcohol motifs (C(OH)–C–C–N with tert-alkyl or cyclic N) is 1. The minimum Gasteiger partial charge on any atom is -0.478 e. The van der Waals surface area contributed by atoms with Crippen molar-refractivity contribution in [1.82, 2.24) is 0 Å². The molecule has 98 valence electrons. The molecule has 5 nitrogen and oxygen atoms in total. The van der Waals surface area contributed by atoms with Gasteiger partial charge in [-0.05, 0) is 18.1 Å². The van der Waals surface area contributed by atoms with Crippen LogP contribution in [0.5, 0.6) is 5.75 Å². The molecule has 0 aliphatic carbocycles. The molecule has 3 N–H and O–H groups in total. The first kappa shape index (κ1) is 12.7. The van der Waals surface area contributed by atoms with Crippen LogP contribution in [0.2, 0.25) is 0 Å². The van der Waals surface area contributed by atoms with Crippen LogP contribution in [0.25, 0.3) is 0 Å². The highest BCUT2D eigenvalue weighted by molar-refractivity contribution is 6.03. The lowest BCUT2D eigenvalue weighted by Gasteiger charge is -2.36. The highest BCUT2D eigenvalue weighted by atomic mass is 16.5. The van der Waals surface area contributed by atoms with E-state index < -0.39 is 6.10 Å². The number of para-hydroxylation sites is 1. The topological polar surface area (TPSA) is 75.8 Å². The molecule has 1 aliphatic rings. The molecule has 1 heterocycles. The standard InChI is InChI=1S/C13H18N2O3/c1-8(2)12-13(17)15(6-7-16)11-9(14)4-3-5-10(11)18-12/h3-5,8,12,16H,6-7,14H2,1-2H3. The maximum Gasteiger partial charge on any atom is 0.268 e. The van der Waals surface area contributed by atoms with Gasteiger partial charge in [0, 0.05) is 6.54 Å². The molecule has 1 aromatic rings. The largest absolute Gasteiger partial charge is 0.478 e. The Labute approximate surface area is 106 Å². The van der Waals surface area contributed by atoms with E-state index >= 15 is 0 Å². The van der Waals surface area contributed by atoms with Crippen molar-refractivity contribution in [2.45, 2.75) is 20.0 Å². The number of hydrogen-bond acceptors (Lipinski definition) is 4. The molecule has 1 aromatic carbocycles. The number of benzene rings is 1. The second-order valence-corrected chi connectivity index (χ2v) is 4.69. The lowest BCUT2D eigenvalue weighted by Crippen LogP contribution is -2.49. The highest BCUT2D eigenvalue weighted by Crippen LogP contribution is 2.39. The van der Waals surface area contributed by atoms with Crippen molar-refractivity contribution in [3.63, 3.8) is 0 Å². The zero-order chi connectivity index (χ0) is 13.3. The number of ether oxygens (including phenoxy) is 1. The molecular formula is C13H18N2O3. The highest BCUT2D eigenvalue weighted by Gasteiger charge is 2.36. The van der Waals surface area contributed by atoms with Gasteiger partial charge in [-0.2, -0.15) is 0 Å². The van der Waals surface area contributed by atoms with E-state index in [9.17, 15) is 4.79 Å². The Balaban J connectivity index is 2.47. The van der Waals surface area contributed by atoms with Crippen LogP contribution in [0.4, 0.5) is 11.4 Å². The van der Waals surface area contributed by atoms with E-state index in [0.29, 0.717) is 17.1 Å². The summed E-state index contributed by atoms with van der Waals surface area (Å²) in [5.41, 5.74) is 6.94. The molecule has 5 heteroatoms. The van der Waals surface area contributed by atoms with E-state index in [-0.39, 0.29) is 25.0 Å². The predicted molar refractivity (Wildman–Crippen MR) is 69.5 cm³/mol. The quantitative estimate of drug-likeness (QED) is 0.785. The minimum absolute atomic E-state index is 0.0632. The monoisotopic (exact) mass is 250 g/mol. The number of carbonyl (C=O) groups excluding carboxylic acids is 1. The van der Waals surface area contributed by atoms with Gasteiger partial charge < -0.3 is 20.5 Å². The van der Waals surface area contributed by atoms with Gasteiger partial charge in [0.2, 0.25) is 0 Å². The van der Waals surface area contributed by atoms with Crippen LogP contribution < -0.4 is 15.4 Å². The fourth-order valence-electron chi connectivity index (χ4n) is 2.12. The van der Waals surface area contributed by atoms with Gasteiger partial charge in [-0.1, -0.05) is 19.9 Å². The molecule has 0 saturated heterocycles. The molecular weight excluding hydrogens is 232 g/mol. The smallest absolute Gasteiger partial charge is 0.268 e. The normalized spacial score (nSPS) is 18.8. The summed E-state index contributed by atoms with van der Waals surface area (Å²) in [5, 5.41) is 9.10. The van der Waals surface area contributed by atoms with Gasteiger partial charge in [0.15, 0.2) is 6.10 Å². The van der Waals surface area contributed by atoms with E-state index in [4.69, 9.17) is 15.6 Å². The SMILES string of the molecule is CC(C)C1Oc2cccc(N)c2N(CCO)C1=O. The van der Waals surface area contributed by atoms with E-state index in [1.807, 2.05) is 13.8 Å². The van der Waals surface area contributed by atoms with Crippen molar-refractivity contribution in [2.75, 3.05) is 23.8 Å². The summed E-state index contributed by atoms with van der Waals surface area (Å²) in [5.74, 6) is 0.513. The Hall–Kier alpha value is -1.75. The molecule has 1 atom stereocenters. The number of amides is 1. The predicted octanol–water partition coefficient (Wildman–Crippen LogP) is 1.01. The van der Waals surface area contributed by atoms with Gasteiger partial charge in [-0.15, -0.1) is 0 Å². The molecule has 0 spiro atoms. The van der Waals surface area contributed by atoms with Gasteiger partial charge in [0.1, 0.15) is 11.4 Å². The fourth-order valence-corrected chi connectivity index (χ4v) is 2.12. The van der Waals surface area contributed by atoms with Crippen molar-refractivity contribution in [3.8, 4) is 5.75 Å². The summed E-state index contributed by atoms with van der Waals surface area (Å²) >= 11 is 0. The first-order valence-corrected chi connectivity index (χ1v) is 6.03. The average Bonchev–Trinajstić information content (AvgIpc) is 2.32. The maximum absolute atomic E-state index is 12.3. The van der Waals surface area contributed by atoms with Crippen molar-refractivity contribution >= 4 is 17.3 Å². The number of fused-ring (bicyclic) bond motifs is 1. The van der Waals surface area contributed by atoms with Crippen LogP contribution in [0.1, 0.15) is 13.8 Å². The van der Waals surface area contributed by atoms with Crippen LogP contribution in [0, 0.1) is 5.92 Å². The second-order valence-electron chi connectivity index (χ2n) is 4.69. The third kappa shape index (κ3) is 2.01. The second kappa shape index (κ2) is 4.86. The van der Waals surface area contributed by atoms with Crippen molar-refractivity contribution in [3.05, 3.63) is 18.2 Å². The van der Waals surface area contributed by atoms with Gasteiger partial charge in [-0.25, -0.2) is 0 Å². The number of aliphatic hydroxyl groups is 1. The minimum atomic E-state index is -0.522. The first-order chi connectivity index (χ1) is 8.56. The third-order valence-electron chi connectivity index (χ3n) is 2.99. The Bertz CT molecular complexity index is 460. The van der Waals surface area contributed by atoms with E-state index in [1.54, 1.807) is 18.2 Å². The molecule has 1 aliphatic heterocycles. The van der Waals surface area contributed by atoms with E-state index in [1.165, 1.54) is 4.90 Å². The molecule has 0 radical (unpaired) electrons. The number of nitrogen functional groups attached to an aromatic ring is 1. The molecule has 0 bridgehead atoms. The molecule has 1 amide bonds. The summed E-state index contributed by atoms with van der Waals surface area (Å²) in [4.78, 5) is 13.8. The maximum atomic E-state index is 12.3. The van der Waals surface area contributed by atoms with E-state index in [2.05, 4.69) is 0 Å². The van der Waals surface area contributed by atoms with Crippen molar-refractivity contribution in [1.29, 1.82) is 0 Å². The van der Waals surface area contributed by atoms with Crippen LogP contribution in [-0.2, 0) is 4.79 Å². The Kier molecular flexibility index (Phi) is 3.43. The van der Waals surface area contributed by atoms with Gasteiger partial charge >= 0.3 is 0 Å². The zero-order valence-corrected chi connectivity index (χ0v) is 10.6. The number of carbonyl (C=O) groups is 1. The average molecular weight is 250 g/mol. The van der Waals surface area contributed by atoms with Crippen LogP contribution in [0.15, 0.2) is 18.2 Å². The lowest BCUT2D eigenvalue weighted by molar-refractivity contribution is -0.128. The molecule has 18 heavy (non-hydrogen) atoms. The Morgan fingerprint density at radius 2 is 2.22 bits per heavy atom. The van der Waals surface area contributed by atoms with Crippen LogP contribution >= 0.6 is 0 Å². The molecule has 0 fully saturated rings. The van der Waals surface area contributed by atoms with Gasteiger partial charge in [-0.3, -0.25) is 4.79 Å². The zero-order valence-electron chi connectivity index (χ0n) is 10.6. The summed E-state index contributed by atoms with van der Waals surface area (Å²) < 4.78 is 5.71. The van der Waals surface area contributed by atoms with Gasteiger partial charge in [0.05, 0.1) is 12.3 Å². The summed E-state index contributed by atoms with van der Waals surface area (Å²) in [6.07, 6.45) is -0.522. The van der Waals surface area contributed by atoms with E-state index in [0.717, 1.165) is 0 Å². The number of hydrogen-bond donors (Lipinski definition) is 2. The molecule has 0 saturated carbocycles. The summed E-state index contributed by atoms with van der Waals surface area (Å²) in [7, 11) is 0. The van der Waals surface area contributed by atoms with Crippen molar-refractivity contribution in [2.24, 2.45) is 5.92 Å². The molecule has 2 rings (SSSR count).